The zero-order valence-corrected chi connectivity index (χ0v) is 16.2. The number of hydrazine groups is 1. The summed E-state index contributed by atoms with van der Waals surface area (Å²) in [7, 11) is 4.48. The molecule has 2 aromatic rings. The molecule has 0 spiro atoms. The van der Waals surface area contributed by atoms with Crippen LogP contribution in [-0.4, -0.2) is 45.1 Å². The van der Waals surface area contributed by atoms with Crippen molar-refractivity contribution in [1.29, 1.82) is 0 Å². The minimum absolute atomic E-state index is 0.0768. The van der Waals surface area contributed by atoms with Gasteiger partial charge in [-0.3, -0.25) is 19.8 Å². The van der Waals surface area contributed by atoms with Crippen LogP contribution in [0.4, 0.5) is 5.69 Å². The van der Waals surface area contributed by atoms with Gasteiger partial charge in [0.1, 0.15) is 23.3 Å². The maximum absolute atomic E-state index is 12.6. The fraction of sp³-hybridized carbons (Fsp3) is 0.250. The predicted molar refractivity (Wildman–Crippen MR) is 104 cm³/mol. The molecule has 1 aliphatic rings. The Morgan fingerprint density at radius 2 is 1.52 bits per heavy atom. The first-order valence-electron chi connectivity index (χ1n) is 8.76. The van der Waals surface area contributed by atoms with Gasteiger partial charge in [0.25, 0.3) is 11.8 Å². The first kappa shape index (κ1) is 20.2. The second-order valence-corrected chi connectivity index (χ2v) is 6.22. The van der Waals surface area contributed by atoms with Crippen LogP contribution in [0.3, 0.4) is 0 Å². The summed E-state index contributed by atoms with van der Waals surface area (Å²) in [6.45, 7) is 0. The van der Waals surface area contributed by atoms with E-state index in [0.717, 1.165) is 4.90 Å². The molecule has 9 heteroatoms. The maximum atomic E-state index is 12.6. The number of methoxy groups -OCH3 is 3. The third kappa shape index (κ3) is 4.30. The molecule has 29 heavy (non-hydrogen) atoms. The number of ether oxygens (including phenoxy) is 3. The molecule has 1 atom stereocenters. The van der Waals surface area contributed by atoms with Crippen LogP contribution in [-0.2, 0) is 9.59 Å². The van der Waals surface area contributed by atoms with E-state index in [1.165, 1.54) is 33.5 Å². The van der Waals surface area contributed by atoms with Gasteiger partial charge in [0, 0.05) is 11.6 Å². The van der Waals surface area contributed by atoms with Crippen molar-refractivity contribution < 1.29 is 28.6 Å². The lowest BCUT2D eigenvalue weighted by Gasteiger charge is -2.16. The molecule has 2 aromatic carbocycles. The second kappa shape index (κ2) is 8.61. The van der Waals surface area contributed by atoms with Crippen LogP contribution < -0.4 is 30.0 Å². The summed E-state index contributed by atoms with van der Waals surface area (Å²) in [6, 6.07) is 10.4. The Bertz CT molecular complexity index is 906. The van der Waals surface area contributed by atoms with Crippen LogP contribution in [0.15, 0.2) is 42.5 Å². The average molecular weight is 399 g/mol. The highest BCUT2D eigenvalue weighted by molar-refractivity contribution is 6.22. The molecule has 0 bridgehead atoms. The van der Waals surface area contributed by atoms with E-state index in [9.17, 15) is 14.4 Å². The molecule has 0 unspecified atom stereocenters. The molecular formula is C20H21N3O6. The number of hydrogen-bond donors (Lipinski definition) is 2. The van der Waals surface area contributed by atoms with E-state index in [1.54, 1.807) is 30.3 Å². The Morgan fingerprint density at radius 1 is 0.931 bits per heavy atom. The van der Waals surface area contributed by atoms with E-state index in [4.69, 9.17) is 14.2 Å². The van der Waals surface area contributed by atoms with Crippen molar-refractivity contribution in [2.75, 3.05) is 26.2 Å². The number of carbonyl (C=O) groups is 3. The molecule has 3 rings (SSSR count). The second-order valence-electron chi connectivity index (χ2n) is 6.22. The summed E-state index contributed by atoms with van der Waals surface area (Å²) >= 11 is 0. The van der Waals surface area contributed by atoms with Crippen LogP contribution in [0.5, 0.6) is 17.2 Å². The molecule has 1 fully saturated rings. The molecule has 3 amide bonds. The normalized spacial score (nSPS) is 16.0. The van der Waals surface area contributed by atoms with Gasteiger partial charge in [-0.15, -0.1) is 0 Å². The minimum Gasteiger partial charge on any atom is -0.497 e. The lowest BCUT2D eigenvalue weighted by Crippen LogP contribution is -2.48. The quantitative estimate of drug-likeness (QED) is 0.534. The van der Waals surface area contributed by atoms with Crippen molar-refractivity contribution in [2.45, 2.75) is 12.5 Å². The first-order chi connectivity index (χ1) is 14.0. The molecule has 152 valence electrons. The van der Waals surface area contributed by atoms with Crippen LogP contribution >= 0.6 is 0 Å². The van der Waals surface area contributed by atoms with E-state index >= 15 is 0 Å². The third-order valence-electron chi connectivity index (χ3n) is 4.45. The molecule has 9 nitrogen and oxygen atoms in total. The number of nitrogens with zero attached hydrogens (tertiary/aromatic N) is 1. The van der Waals surface area contributed by atoms with Crippen molar-refractivity contribution >= 4 is 23.4 Å². The first-order valence-corrected chi connectivity index (χ1v) is 8.76. The van der Waals surface area contributed by atoms with Gasteiger partial charge in [0.15, 0.2) is 0 Å². The Labute approximate surface area is 167 Å². The van der Waals surface area contributed by atoms with Crippen molar-refractivity contribution in [1.82, 2.24) is 10.9 Å². The molecule has 0 aliphatic carbocycles. The molecule has 1 heterocycles. The fourth-order valence-corrected chi connectivity index (χ4v) is 2.91. The van der Waals surface area contributed by atoms with E-state index in [-0.39, 0.29) is 17.9 Å². The SMILES string of the molecule is COc1ccc(N2C(=O)C[C@@H](NNC(=O)c3cc(OC)cc(OC)c3)C2=O)cc1. The summed E-state index contributed by atoms with van der Waals surface area (Å²) in [5.41, 5.74) is 5.82. The highest BCUT2D eigenvalue weighted by Gasteiger charge is 2.39. The average Bonchev–Trinajstić information content (AvgIpc) is 3.04. The Morgan fingerprint density at radius 3 is 2.07 bits per heavy atom. The number of rotatable bonds is 7. The molecule has 1 aliphatic heterocycles. The zero-order valence-electron chi connectivity index (χ0n) is 16.2. The Balaban J connectivity index is 1.67. The largest absolute Gasteiger partial charge is 0.497 e. The number of anilines is 1. The standard InChI is InChI=1S/C20H21N3O6/c1-27-14-6-4-13(5-7-14)23-18(24)11-17(20(23)26)21-22-19(25)12-8-15(28-2)10-16(9-12)29-3/h4-10,17,21H,11H2,1-3H3,(H,22,25)/t17-/m1/s1. The van der Waals surface area contributed by atoms with Crippen LogP contribution in [0, 0.1) is 0 Å². The number of nitrogens with one attached hydrogen (secondary N) is 2. The topological polar surface area (TPSA) is 106 Å². The van der Waals surface area contributed by atoms with Crippen LogP contribution in [0.2, 0.25) is 0 Å². The summed E-state index contributed by atoms with van der Waals surface area (Å²) in [5, 5.41) is 0. The van der Waals surface area contributed by atoms with E-state index in [2.05, 4.69) is 10.9 Å². The molecule has 2 N–H and O–H groups in total. The van der Waals surface area contributed by atoms with Gasteiger partial charge < -0.3 is 14.2 Å². The Kier molecular flexibility index (Phi) is 5.99. The lowest BCUT2D eigenvalue weighted by atomic mass is 10.2. The molecule has 0 saturated carbocycles. The van der Waals surface area contributed by atoms with Gasteiger partial charge in [0.05, 0.1) is 33.4 Å². The smallest absolute Gasteiger partial charge is 0.265 e. The van der Waals surface area contributed by atoms with Gasteiger partial charge in [-0.25, -0.2) is 10.3 Å². The molecule has 0 aromatic heterocycles. The van der Waals surface area contributed by atoms with E-state index in [0.29, 0.717) is 22.9 Å². The van der Waals surface area contributed by atoms with Gasteiger partial charge in [-0.1, -0.05) is 0 Å². The number of carbonyl (C=O) groups excluding carboxylic acids is 3. The van der Waals surface area contributed by atoms with Gasteiger partial charge in [0.2, 0.25) is 5.91 Å². The van der Waals surface area contributed by atoms with Gasteiger partial charge in [-0.05, 0) is 36.4 Å². The predicted octanol–water partition coefficient (Wildman–Crippen LogP) is 1.28. The summed E-state index contributed by atoms with van der Waals surface area (Å²) in [6.07, 6.45) is -0.0768. The van der Waals surface area contributed by atoms with Crippen LogP contribution in [0.1, 0.15) is 16.8 Å². The number of imide groups is 1. The number of amides is 3. The number of benzene rings is 2. The summed E-state index contributed by atoms with van der Waals surface area (Å²) < 4.78 is 15.4. The summed E-state index contributed by atoms with van der Waals surface area (Å²) in [4.78, 5) is 38.5. The van der Waals surface area contributed by atoms with Gasteiger partial charge in [-0.2, -0.15) is 0 Å². The lowest BCUT2D eigenvalue weighted by molar-refractivity contribution is -0.121. The Hall–Kier alpha value is -3.59. The molecule has 1 saturated heterocycles. The third-order valence-corrected chi connectivity index (χ3v) is 4.45. The van der Waals surface area contributed by atoms with Crippen LogP contribution in [0.25, 0.3) is 0 Å². The maximum Gasteiger partial charge on any atom is 0.265 e. The van der Waals surface area contributed by atoms with E-state index < -0.39 is 17.9 Å². The monoisotopic (exact) mass is 399 g/mol. The van der Waals surface area contributed by atoms with Crippen molar-refractivity contribution in [3.63, 3.8) is 0 Å². The summed E-state index contributed by atoms with van der Waals surface area (Å²) in [5.74, 6) is 0.201. The molecular weight excluding hydrogens is 378 g/mol. The highest BCUT2D eigenvalue weighted by Crippen LogP contribution is 2.25. The molecule has 0 radical (unpaired) electrons. The van der Waals surface area contributed by atoms with E-state index in [1.807, 2.05) is 0 Å². The van der Waals surface area contributed by atoms with Crippen molar-refractivity contribution in [3.8, 4) is 17.2 Å². The number of hydrogen-bond acceptors (Lipinski definition) is 7. The van der Waals surface area contributed by atoms with Crippen molar-refractivity contribution in [2.24, 2.45) is 0 Å². The fourth-order valence-electron chi connectivity index (χ4n) is 2.91. The minimum atomic E-state index is -0.874. The van der Waals surface area contributed by atoms with Gasteiger partial charge >= 0.3 is 0 Å². The highest BCUT2D eigenvalue weighted by atomic mass is 16.5. The van der Waals surface area contributed by atoms with Crippen molar-refractivity contribution in [3.05, 3.63) is 48.0 Å². The zero-order chi connectivity index (χ0) is 21.0.